The highest BCUT2D eigenvalue weighted by Gasteiger charge is 2.03. The van der Waals surface area contributed by atoms with E-state index in [0.29, 0.717) is 0 Å². The molecule has 15 heavy (non-hydrogen) atoms. The Labute approximate surface area is 97.3 Å². The van der Waals surface area contributed by atoms with Crippen molar-refractivity contribution in [2.24, 2.45) is 0 Å². The Morgan fingerprint density at radius 2 is 2.33 bits per heavy atom. The van der Waals surface area contributed by atoms with Gasteiger partial charge in [0.1, 0.15) is 5.82 Å². The van der Waals surface area contributed by atoms with Crippen molar-refractivity contribution in [2.75, 3.05) is 7.05 Å². The number of benzene rings is 1. The van der Waals surface area contributed by atoms with Crippen LogP contribution in [0.3, 0.4) is 0 Å². The first-order valence-corrected chi connectivity index (χ1v) is 5.53. The lowest BCUT2D eigenvalue weighted by Crippen LogP contribution is -2.10. The summed E-state index contributed by atoms with van der Waals surface area (Å²) < 4.78 is 3.14. The van der Waals surface area contributed by atoms with Crippen LogP contribution in [0.25, 0.3) is 5.69 Å². The highest BCUT2D eigenvalue weighted by atomic mass is 79.9. The van der Waals surface area contributed by atoms with Gasteiger partial charge in [-0.25, -0.2) is 4.98 Å². The molecule has 0 atom stereocenters. The van der Waals surface area contributed by atoms with Crippen LogP contribution in [0.5, 0.6) is 0 Å². The summed E-state index contributed by atoms with van der Waals surface area (Å²) in [6.45, 7) is 0.763. The molecular weight excluding hydrogens is 254 g/mol. The predicted octanol–water partition coefficient (Wildman–Crippen LogP) is 2.35. The fraction of sp³-hybridized carbons (Fsp3) is 0.182. The minimum atomic E-state index is 0.763. The maximum Gasteiger partial charge on any atom is 0.127 e. The van der Waals surface area contributed by atoms with Crippen LogP contribution < -0.4 is 5.32 Å². The molecule has 0 spiro atoms. The highest BCUT2D eigenvalue weighted by molar-refractivity contribution is 9.10. The Morgan fingerprint density at radius 3 is 3.07 bits per heavy atom. The Morgan fingerprint density at radius 1 is 1.47 bits per heavy atom. The number of rotatable bonds is 3. The predicted molar refractivity (Wildman–Crippen MR) is 64.0 cm³/mol. The van der Waals surface area contributed by atoms with E-state index in [1.165, 1.54) is 0 Å². The van der Waals surface area contributed by atoms with Crippen LogP contribution in [0.4, 0.5) is 0 Å². The van der Waals surface area contributed by atoms with Crippen molar-refractivity contribution < 1.29 is 0 Å². The number of aromatic nitrogens is 2. The normalized spacial score (nSPS) is 10.5. The maximum atomic E-state index is 4.30. The average molecular weight is 266 g/mol. The topological polar surface area (TPSA) is 29.9 Å². The molecule has 0 amide bonds. The number of nitrogens with zero attached hydrogens (tertiary/aromatic N) is 2. The molecule has 3 nitrogen and oxygen atoms in total. The van der Waals surface area contributed by atoms with Crippen LogP contribution in [-0.4, -0.2) is 16.6 Å². The van der Waals surface area contributed by atoms with E-state index < -0.39 is 0 Å². The Balaban J connectivity index is 2.40. The number of imidazole rings is 1. The van der Waals surface area contributed by atoms with Gasteiger partial charge in [-0.3, -0.25) is 0 Å². The summed E-state index contributed by atoms with van der Waals surface area (Å²) in [5, 5.41) is 3.10. The van der Waals surface area contributed by atoms with Gasteiger partial charge in [0.2, 0.25) is 0 Å². The third-order valence-electron chi connectivity index (χ3n) is 2.14. The standard InChI is InChI=1S/C11H12BrN3/c1-13-8-11-14-5-6-15(11)10-4-2-3-9(12)7-10/h2-7,13H,8H2,1H3. The summed E-state index contributed by atoms with van der Waals surface area (Å²) in [7, 11) is 1.92. The number of halogens is 1. The molecule has 0 aliphatic carbocycles. The van der Waals surface area contributed by atoms with Gasteiger partial charge in [0.05, 0.1) is 6.54 Å². The molecule has 0 bridgehead atoms. The van der Waals surface area contributed by atoms with Gasteiger partial charge in [-0.15, -0.1) is 0 Å². The fourth-order valence-corrected chi connectivity index (χ4v) is 1.87. The quantitative estimate of drug-likeness (QED) is 0.924. The van der Waals surface area contributed by atoms with E-state index in [1.54, 1.807) is 0 Å². The van der Waals surface area contributed by atoms with Crippen LogP contribution >= 0.6 is 15.9 Å². The molecule has 0 fully saturated rings. The molecule has 2 rings (SSSR count). The molecule has 0 aliphatic heterocycles. The van der Waals surface area contributed by atoms with E-state index in [0.717, 1.165) is 22.5 Å². The molecular formula is C11H12BrN3. The second kappa shape index (κ2) is 4.59. The molecule has 0 saturated carbocycles. The lowest BCUT2D eigenvalue weighted by Gasteiger charge is -2.07. The van der Waals surface area contributed by atoms with Gasteiger partial charge < -0.3 is 9.88 Å². The summed E-state index contributed by atoms with van der Waals surface area (Å²) in [6, 6.07) is 8.16. The van der Waals surface area contributed by atoms with Crippen molar-refractivity contribution in [3.63, 3.8) is 0 Å². The molecule has 1 N–H and O–H groups in total. The average Bonchev–Trinajstić information content (AvgIpc) is 2.66. The van der Waals surface area contributed by atoms with Crippen LogP contribution in [0.1, 0.15) is 5.82 Å². The molecule has 1 aromatic heterocycles. The van der Waals surface area contributed by atoms with E-state index in [2.05, 4.69) is 42.9 Å². The van der Waals surface area contributed by atoms with Crippen molar-refractivity contribution in [3.05, 3.63) is 47.0 Å². The molecule has 1 heterocycles. The first-order valence-electron chi connectivity index (χ1n) is 4.74. The zero-order chi connectivity index (χ0) is 10.7. The molecule has 78 valence electrons. The SMILES string of the molecule is CNCc1nccn1-c1cccc(Br)c1. The Kier molecular flexibility index (Phi) is 3.18. The zero-order valence-corrected chi connectivity index (χ0v) is 10.0. The van der Waals surface area contributed by atoms with Crippen LogP contribution in [0.2, 0.25) is 0 Å². The van der Waals surface area contributed by atoms with E-state index in [4.69, 9.17) is 0 Å². The van der Waals surface area contributed by atoms with Crippen molar-refractivity contribution >= 4 is 15.9 Å². The lowest BCUT2D eigenvalue weighted by molar-refractivity contribution is 0.742. The third kappa shape index (κ3) is 2.27. The molecule has 1 aromatic carbocycles. The van der Waals surface area contributed by atoms with E-state index in [-0.39, 0.29) is 0 Å². The van der Waals surface area contributed by atoms with E-state index >= 15 is 0 Å². The smallest absolute Gasteiger partial charge is 0.127 e. The maximum absolute atomic E-state index is 4.30. The van der Waals surface area contributed by atoms with Crippen molar-refractivity contribution in [1.29, 1.82) is 0 Å². The third-order valence-corrected chi connectivity index (χ3v) is 2.63. The second-order valence-electron chi connectivity index (χ2n) is 3.22. The van der Waals surface area contributed by atoms with E-state index in [9.17, 15) is 0 Å². The number of nitrogens with one attached hydrogen (secondary N) is 1. The Bertz CT molecular complexity index is 451. The van der Waals surface area contributed by atoms with Gasteiger partial charge >= 0.3 is 0 Å². The number of hydrogen-bond acceptors (Lipinski definition) is 2. The summed E-state index contributed by atoms with van der Waals surface area (Å²) in [5.74, 6) is 1.01. The van der Waals surface area contributed by atoms with Gasteiger partial charge in [-0.2, -0.15) is 0 Å². The van der Waals surface area contributed by atoms with Gasteiger partial charge in [-0.1, -0.05) is 22.0 Å². The van der Waals surface area contributed by atoms with Crippen LogP contribution in [0, 0.1) is 0 Å². The van der Waals surface area contributed by atoms with Crippen molar-refractivity contribution in [2.45, 2.75) is 6.54 Å². The fourth-order valence-electron chi connectivity index (χ4n) is 1.48. The van der Waals surface area contributed by atoms with Gasteiger partial charge in [0.25, 0.3) is 0 Å². The zero-order valence-electron chi connectivity index (χ0n) is 8.44. The molecule has 0 radical (unpaired) electrons. The molecule has 0 aliphatic rings. The summed E-state index contributed by atoms with van der Waals surface area (Å²) >= 11 is 3.46. The Hall–Kier alpha value is -1.13. The molecule has 2 aromatic rings. The van der Waals surface area contributed by atoms with Crippen LogP contribution in [-0.2, 0) is 6.54 Å². The van der Waals surface area contributed by atoms with Crippen molar-refractivity contribution in [1.82, 2.24) is 14.9 Å². The van der Waals surface area contributed by atoms with Gasteiger partial charge in [0.15, 0.2) is 0 Å². The molecule has 4 heteroatoms. The highest BCUT2D eigenvalue weighted by Crippen LogP contribution is 2.16. The summed E-state index contributed by atoms with van der Waals surface area (Å²) in [4.78, 5) is 4.30. The van der Waals surface area contributed by atoms with E-state index in [1.807, 2.05) is 31.6 Å². The number of hydrogen-bond donors (Lipinski definition) is 1. The minimum Gasteiger partial charge on any atom is -0.313 e. The molecule has 0 unspecified atom stereocenters. The first-order chi connectivity index (χ1) is 7.31. The molecule has 0 saturated heterocycles. The lowest BCUT2D eigenvalue weighted by atomic mass is 10.3. The summed E-state index contributed by atoms with van der Waals surface area (Å²) in [6.07, 6.45) is 3.78. The first kappa shape index (κ1) is 10.4. The van der Waals surface area contributed by atoms with Crippen molar-refractivity contribution in [3.8, 4) is 5.69 Å². The second-order valence-corrected chi connectivity index (χ2v) is 4.14. The van der Waals surface area contributed by atoms with Gasteiger partial charge in [-0.05, 0) is 25.2 Å². The summed E-state index contributed by atoms with van der Waals surface area (Å²) in [5.41, 5.74) is 1.12. The monoisotopic (exact) mass is 265 g/mol. The van der Waals surface area contributed by atoms with Gasteiger partial charge in [0, 0.05) is 22.6 Å². The minimum absolute atomic E-state index is 0.763. The van der Waals surface area contributed by atoms with Crippen LogP contribution in [0.15, 0.2) is 41.1 Å². The largest absolute Gasteiger partial charge is 0.313 e.